The molecule has 0 bridgehead atoms. The predicted molar refractivity (Wildman–Crippen MR) is 126 cm³/mol. The van der Waals surface area contributed by atoms with Crippen LogP contribution in [0.5, 0.6) is 11.5 Å². The quantitative estimate of drug-likeness (QED) is 0.372. The van der Waals surface area contributed by atoms with Gasteiger partial charge in [0.2, 0.25) is 0 Å². The Balaban J connectivity index is 1.92. The second-order valence-corrected chi connectivity index (χ2v) is 7.36. The lowest BCUT2D eigenvalue weighted by molar-refractivity contribution is -0.116. The first-order valence-electron chi connectivity index (χ1n) is 10.4. The number of aryl methyl sites for hydroxylation is 1. The lowest BCUT2D eigenvalue weighted by Crippen LogP contribution is -2.29. The highest BCUT2D eigenvalue weighted by Crippen LogP contribution is 2.26. The van der Waals surface area contributed by atoms with Gasteiger partial charge in [0.1, 0.15) is 11.5 Å². The van der Waals surface area contributed by atoms with Gasteiger partial charge in [0.05, 0.1) is 20.3 Å². The molecule has 0 saturated carbocycles. The average molecular weight is 416 g/mol. The molecule has 160 valence electrons. The number of hydrogen-bond donors (Lipinski definition) is 1. The van der Waals surface area contributed by atoms with Crippen LogP contribution in [-0.2, 0) is 4.79 Å². The average Bonchev–Trinajstić information content (AvgIpc) is 2.81. The Morgan fingerprint density at radius 2 is 1.68 bits per heavy atom. The molecule has 4 heteroatoms. The third-order valence-corrected chi connectivity index (χ3v) is 5.29. The highest BCUT2D eigenvalue weighted by atomic mass is 16.5. The molecule has 0 saturated heterocycles. The van der Waals surface area contributed by atoms with Gasteiger partial charge in [-0.1, -0.05) is 61.5 Å². The summed E-state index contributed by atoms with van der Waals surface area (Å²) in [6, 6.07) is 23.3. The molecule has 3 rings (SSSR count). The van der Waals surface area contributed by atoms with E-state index in [2.05, 4.69) is 18.3 Å². The first kappa shape index (κ1) is 22.2. The highest BCUT2D eigenvalue weighted by molar-refractivity contribution is 6.24. The highest BCUT2D eigenvalue weighted by Gasteiger charge is 2.18. The van der Waals surface area contributed by atoms with E-state index >= 15 is 0 Å². The zero-order valence-electron chi connectivity index (χ0n) is 18.5. The first-order chi connectivity index (χ1) is 15.0. The van der Waals surface area contributed by atoms with E-state index < -0.39 is 0 Å². The van der Waals surface area contributed by atoms with E-state index in [-0.39, 0.29) is 11.9 Å². The summed E-state index contributed by atoms with van der Waals surface area (Å²) in [6.07, 6.45) is 2.69. The van der Waals surface area contributed by atoms with Crippen LogP contribution >= 0.6 is 0 Å². The van der Waals surface area contributed by atoms with Crippen LogP contribution in [-0.4, -0.2) is 20.1 Å². The summed E-state index contributed by atoms with van der Waals surface area (Å²) in [6.45, 7) is 4.08. The number of methoxy groups -OCH3 is 2. The molecule has 0 aliphatic heterocycles. The molecular weight excluding hydrogens is 386 g/mol. The molecule has 0 heterocycles. The molecule has 1 atom stereocenters. The van der Waals surface area contributed by atoms with Crippen LogP contribution < -0.4 is 14.8 Å². The topological polar surface area (TPSA) is 47.6 Å². The molecule has 3 aromatic rings. The van der Waals surface area contributed by atoms with Crippen LogP contribution in [0.15, 0.2) is 72.8 Å². The molecule has 4 nitrogen and oxygen atoms in total. The standard InChI is InChI=1S/C27H29NO3/c1-5-25(22-13-16-26(31-4)19(2)17-22)28-27(29)24(21-9-7-6-8-10-21)18-20-11-14-23(30-3)15-12-20/h6-18,25H,5H2,1-4H3,(H,28,29)/b24-18+/t25-/m1/s1. The molecule has 31 heavy (non-hydrogen) atoms. The van der Waals surface area contributed by atoms with Crippen molar-refractivity contribution < 1.29 is 14.3 Å². The normalized spacial score (nSPS) is 12.2. The van der Waals surface area contributed by atoms with Gasteiger partial charge < -0.3 is 14.8 Å². The maximum Gasteiger partial charge on any atom is 0.252 e. The predicted octanol–water partition coefficient (Wildman–Crippen LogP) is 5.82. The summed E-state index contributed by atoms with van der Waals surface area (Å²) >= 11 is 0. The second-order valence-electron chi connectivity index (χ2n) is 7.36. The fourth-order valence-electron chi connectivity index (χ4n) is 3.54. The van der Waals surface area contributed by atoms with Gasteiger partial charge in [0.25, 0.3) is 5.91 Å². The van der Waals surface area contributed by atoms with Crippen molar-refractivity contribution in [2.75, 3.05) is 14.2 Å². The minimum atomic E-state index is -0.109. The van der Waals surface area contributed by atoms with Crippen LogP contribution in [0.25, 0.3) is 11.6 Å². The number of nitrogens with one attached hydrogen (secondary N) is 1. The fraction of sp³-hybridized carbons (Fsp3) is 0.222. The Morgan fingerprint density at radius 3 is 2.26 bits per heavy atom. The van der Waals surface area contributed by atoms with E-state index in [0.29, 0.717) is 5.57 Å². The second kappa shape index (κ2) is 10.5. The Hall–Kier alpha value is -3.53. The molecule has 0 aromatic heterocycles. The molecule has 3 aromatic carbocycles. The fourth-order valence-corrected chi connectivity index (χ4v) is 3.54. The van der Waals surface area contributed by atoms with Crippen LogP contribution in [0, 0.1) is 6.92 Å². The zero-order valence-corrected chi connectivity index (χ0v) is 18.5. The summed E-state index contributed by atoms with van der Waals surface area (Å²) in [7, 11) is 3.30. The molecule has 0 aliphatic rings. The van der Waals surface area contributed by atoms with E-state index in [9.17, 15) is 4.79 Å². The van der Waals surface area contributed by atoms with Crippen molar-refractivity contribution in [1.82, 2.24) is 5.32 Å². The summed E-state index contributed by atoms with van der Waals surface area (Å²) in [4.78, 5) is 13.4. The summed E-state index contributed by atoms with van der Waals surface area (Å²) in [5.41, 5.74) is 4.53. The molecule has 1 N–H and O–H groups in total. The van der Waals surface area contributed by atoms with E-state index in [0.717, 1.165) is 40.2 Å². The Kier molecular flexibility index (Phi) is 7.50. The van der Waals surface area contributed by atoms with Crippen molar-refractivity contribution in [3.8, 4) is 11.5 Å². The summed E-state index contributed by atoms with van der Waals surface area (Å²) in [5, 5.41) is 3.22. The molecule has 0 spiro atoms. The van der Waals surface area contributed by atoms with Crippen molar-refractivity contribution in [1.29, 1.82) is 0 Å². The van der Waals surface area contributed by atoms with Crippen LogP contribution in [0.3, 0.4) is 0 Å². The number of carbonyl (C=O) groups excluding carboxylic acids is 1. The molecule has 0 fully saturated rings. The van der Waals surface area contributed by atoms with Crippen LogP contribution in [0.2, 0.25) is 0 Å². The van der Waals surface area contributed by atoms with E-state index in [1.807, 2.05) is 79.7 Å². The summed E-state index contributed by atoms with van der Waals surface area (Å²) in [5.74, 6) is 1.51. The minimum absolute atomic E-state index is 0.0971. The Labute approximate surface area is 184 Å². The van der Waals surface area contributed by atoms with Gasteiger partial charge in [0, 0.05) is 5.57 Å². The largest absolute Gasteiger partial charge is 0.497 e. The number of carbonyl (C=O) groups is 1. The number of benzene rings is 3. The molecule has 0 unspecified atom stereocenters. The van der Waals surface area contributed by atoms with Crippen molar-refractivity contribution in [3.63, 3.8) is 0 Å². The van der Waals surface area contributed by atoms with Crippen molar-refractivity contribution in [3.05, 3.63) is 95.1 Å². The third-order valence-electron chi connectivity index (χ3n) is 5.29. The lowest BCUT2D eigenvalue weighted by Gasteiger charge is -2.20. The van der Waals surface area contributed by atoms with Gasteiger partial charge in [-0.25, -0.2) is 0 Å². The van der Waals surface area contributed by atoms with Gasteiger partial charge in [-0.15, -0.1) is 0 Å². The SMILES string of the molecule is CC[C@@H](NC(=O)/C(=C/c1ccc(OC)cc1)c1ccccc1)c1ccc(OC)c(C)c1. The lowest BCUT2D eigenvalue weighted by atomic mass is 9.98. The van der Waals surface area contributed by atoms with Crippen molar-refractivity contribution in [2.45, 2.75) is 26.3 Å². The Bertz CT molecular complexity index is 1040. The van der Waals surface area contributed by atoms with Crippen molar-refractivity contribution >= 4 is 17.6 Å². The molecule has 0 radical (unpaired) electrons. The van der Waals surface area contributed by atoms with Crippen LogP contribution in [0.1, 0.15) is 41.6 Å². The number of hydrogen-bond acceptors (Lipinski definition) is 3. The van der Waals surface area contributed by atoms with E-state index in [1.54, 1.807) is 14.2 Å². The molecule has 0 aliphatic carbocycles. The monoisotopic (exact) mass is 415 g/mol. The third kappa shape index (κ3) is 5.54. The number of amides is 1. The summed E-state index contributed by atoms with van der Waals surface area (Å²) < 4.78 is 10.6. The zero-order chi connectivity index (χ0) is 22.2. The van der Waals surface area contributed by atoms with Gasteiger partial charge in [-0.3, -0.25) is 4.79 Å². The maximum atomic E-state index is 13.4. The van der Waals surface area contributed by atoms with Crippen LogP contribution in [0.4, 0.5) is 0 Å². The molecular formula is C27H29NO3. The maximum absolute atomic E-state index is 13.4. The smallest absolute Gasteiger partial charge is 0.252 e. The number of ether oxygens (including phenoxy) is 2. The van der Waals surface area contributed by atoms with Gasteiger partial charge in [-0.2, -0.15) is 0 Å². The first-order valence-corrected chi connectivity index (χ1v) is 10.4. The Morgan fingerprint density at radius 1 is 0.968 bits per heavy atom. The van der Waals surface area contributed by atoms with E-state index in [4.69, 9.17) is 9.47 Å². The van der Waals surface area contributed by atoms with Gasteiger partial charge in [0.15, 0.2) is 0 Å². The van der Waals surface area contributed by atoms with Gasteiger partial charge >= 0.3 is 0 Å². The minimum Gasteiger partial charge on any atom is -0.497 e. The number of rotatable bonds is 8. The van der Waals surface area contributed by atoms with E-state index in [1.165, 1.54) is 0 Å². The molecule has 1 amide bonds. The van der Waals surface area contributed by atoms with Gasteiger partial charge in [-0.05, 0) is 59.9 Å². The van der Waals surface area contributed by atoms with Crippen molar-refractivity contribution in [2.24, 2.45) is 0 Å².